The van der Waals surface area contributed by atoms with Crippen LogP contribution in [0.1, 0.15) is 79.6 Å². The average Bonchev–Trinajstić information content (AvgIpc) is 3.04. The lowest BCUT2D eigenvalue weighted by Gasteiger charge is -2.39. The van der Waals surface area contributed by atoms with Crippen molar-refractivity contribution >= 4 is 11.9 Å². The Morgan fingerprint density at radius 1 is 0.837 bits per heavy atom. The van der Waals surface area contributed by atoms with E-state index in [2.05, 4.69) is 40.5 Å². The molecule has 8 nitrogen and oxygen atoms in total. The van der Waals surface area contributed by atoms with Crippen molar-refractivity contribution in [1.82, 2.24) is 10.2 Å². The first-order chi connectivity index (χ1) is 21.0. The minimum Gasteiger partial charge on any atom is -0.481 e. The third kappa shape index (κ3) is 8.97. The maximum atomic E-state index is 12.1. The van der Waals surface area contributed by atoms with Gasteiger partial charge < -0.3 is 29.9 Å². The van der Waals surface area contributed by atoms with Crippen LogP contribution >= 0.6 is 0 Å². The zero-order chi connectivity index (χ0) is 30.0. The third-order valence-corrected chi connectivity index (χ3v) is 8.25. The number of carbonyl (C=O) groups is 2. The van der Waals surface area contributed by atoms with Crippen LogP contribution < -0.4 is 5.32 Å². The lowest BCUT2D eigenvalue weighted by molar-refractivity contribution is -0.253. The number of hydrogen-bond acceptors (Lipinski definition) is 6. The molecule has 0 aliphatic carbocycles. The largest absolute Gasteiger partial charge is 0.481 e. The number of aliphatic hydroxyl groups excluding tert-OH is 1. The van der Waals surface area contributed by atoms with Crippen LogP contribution in [0.3, 0.4) is 0 Å². The van der Waals surface area contributed by atoms with Crippen LogP contribution in [0, 0.1) is 0 Å². The first-order valence-corrected chi connectivity index (χ1v) is 15.4. The maximum absolute atomic E-state index is 12.1. The van der Waals surface area contributed by atoms with Gasteiger partial charge in [-0.15, -0.1) is 0 Å². The number of likely N-dealkylation sites (tertiary alicyclic amines) is 1. The number of carboxylic acid groups (broad SMARTS) is 1. The molecule has 0 spiro atoms. The molecule has 0 bridgehead atoms. The number of amides is 1. The van der Waals surface area contributed by atoms with Crippen LogP contribution in [0.15, 0.2) is 72.8 Å². The molecule has 2 aliphatic rings. The number of benzene rings is 3. The highest BCUT2D eigenvalue weighted by atomic mass is 16.7. The van der Waals surface area contributed by atoms with Gasteiger partial charge in [-0.25, -0.2) is 0 Å². The fraction of sp³-hybridized carbons (Fsp3) is 0.429. The summed E-state index contributed by atoms with van der Waals surface area (Å²) in [7, 11) is 0. The summed E-state index contributed by atoms with van der Waals surface area (Å²) < 4.78 is 13.1. The quantitative estimate of drug-likeness (QED) is 0.248. The Morgan fingerprint density at radius 3 is 2.30 bits per heavy atom. The van der Waals surface area contributed by atoms with Gasteiger partial charge in [-0.05, 0) is 66.2 Å². The number of carboxylic acids is 1. The number of carbonyl (C=O) groups excluding carboxylic acids is 1. The highest BCUT2D eigenvalue weighted by Crippen LogP contribution is 2.39. The van der Waals surface area contributed by atoms with Crippen molar-refractivity contribution in [3.05, 3.63) is 95.1 Å². The van der Waals surface area contributed by atoms with Gasteiger partial charge >= 0.3 is 5.97 Å². The van der Waals surface area contributed by atoms with Gasteiger partial charge in [-0.3, -0.25) is 9.59 Å². The molecule has 2 heterocycles. The van der Waals surface area contributed by atoms with Crippen molar-refractivity contribution in [1.29, 1.82) is 0 Å². The van der Waals surface area contributed by atoms with Crippen LogP contribution in [0.25, 0.3) is 11.1 Å². The topological polar surface area (TPSA) is 108 Å². The molecule has 3 unspecified atom stereocenters. The molecule has 0 aromatic heterocycles. The van der Waals surface area contributed by atoms with E-state index in [0.29, 0.717) is 13.0 Å². The molecule has 43 heavy (non-hydrogen) atoms. The van der Waals surface area contributed by atoms with E-state index in [1.807, 2.05) is 42.5 Å². The molecule has 2 saturated heterocycles. The van der Waals surface area contributed by atoms with E-state index in [1.54, 1.807) is 0 Å². The van der Waals surface area contributed by atoms with Crippen molar-refractivity contribution in [2.24, 2.45) is 0 Å². The number of hydrogen-bond donors (Lipinski definition) is 3. The van der Waals surface area contributed by atoms with Crippen molar-refractivity contribution in [3.63, 3.8) is 0 Å². The maximum Gasteiger partial charge on any atom is 0.303 e. The van der Waals surface area contributed by atoms with Gasteiger partial charge in [0.25, 0.3) is 0 Å². The predicted molar refractivity (Wildman–Crippen MR) is 164 cm³/mol. The first-order valence-electron chi connectivity index (χ1n) is 15.4. The van der Waals surface area contributed by atoms with E-state index in [9.17, 15) is 14.7 Å². The highest BCUT2D eigenvalue weighted by molar-refractivity contribution is 5.76. The standard InChI is InChI=1S/C35H42N2O6/c38-24-25-10-12-28(13-11-25)32-21-31(23-37-18-2-1-3-19-37)42-35(43-32)29-16-14-27(15-17-29)30-7-4-6-26(20-30)22-36-33(39)8-5-9-34(40)41/h4,6-7,10-17,20,31-32,35,38H,1-3,5,8-9,18-19,21-24H2,(H,36,39)(H,40,41). The van der Waals surface area contributed by atoms with Gasteiger partial charge in [0.2, 0.25) is 5.91 Å². The van der Waals surface area contributed by atoms with E-state index in [0.717, 1.165) is 59.4 Å². The van der Waals surface area contributed by atoms with E-state index < -0.39 is 12.3 Å². The summed E-state index contributed by atoms with van der Waals surface area (Å²) >= 11 is 0. The minimum atomic E-state index is -0.890. The van der Waals surface area contributed by atoms with Crippen LogP contribution in [0.5, 0.6) is 0 Å². The molecule has 2 aliphatic heterocycles. The van der Waals surface area contributed by atoms with Gasteiger partial charge in [0.15, 0.2) is 6.29 Å². The summed E-state index contributed by atoms with van der Waals surface area (Å²) in [5.41, 5.74) is 6.01. The number of rotatable bonds is 12. The Labute approximate surface area is 253 Å². The smallest absolute Gasteiger partial charge is 0.303 e. The van der Waals surface area contributed by atoms with Gasteiger partial charge in [0.05, 0.1) is 18.8 Å². The molecule has 2 fully saturated rings. The predicted octanol–water partition coefficient (Wildman–Crippen LogP) is 5.75. The summed E-state index contributed by atoms with van der Waals surface area (Å²) in [6, 6.07) is 24.3. The second-order valence-corrected chi connectivity index (χ2v) is 11.6. The van der Waals surface area contributed by atoms with Crippen molar-refractivity contribution in [3.8, 4) is 11.1 Å². The van der Waals surface area contributed by atoms with Crippen molar-refractivity contribution < 1.29 is 29.3 Å². The number of aliphatic carboxylic acids is 1. The molecule has 228 valence electrons. The summed E-state index contributed by atoms with van der Waals surface area (Å²) in [4.78, 5) is 25.3. The van der Waals surface area contributed by atoms with Gasteiger partial charge in [0.1, 0.15) is 0 Å². The third-order valence-electron chi connectivity index (χ3n) is 8.25. The number of nitrogens with zero attached hydrogens (tertiary/aromatic N) is 1. The SMILES string of the molecule is O=C(O)CCCC(=O)NCc1cccc(-c2ccc(C3OC(CN4CCCCC4)CC(c4ccc(CO)cc4)O3)cc2)c1. The number of ether oxygens (including phenoxy) is 2. The Balaban J connectivity index is 1.25. The Morgan fingerprint density at radius 2 is 1.58 bits per heavy atom. The Hall–Kier alpha value is -3.56. The molecule has 3 aromatic rings. The fourth-order valence-electron chi connectivity index (χ4n) is 5.85. The Bertz CT molecular complexity index is 1340. The zero-order valence-electron chi connectivity index (χ0n) is 24.6. The molecular weight excluding hydrogens is 544 g/mol. The van der Waals surface area contributed by atoms with Gasteiger partial charge in [-0.2, -0.15) is 0 Å². The number of piperidine rings is 1. The minimum absolute atomic E-state index is 0.00663. The molecule has 1 amide bonds. The van der Waals surface area contributed by atoms with E-state index in [1.165, 1.54) is 19.3 Å². The summed E-state index contributed by atoms with van der Waals surface area (Å²) in [5.74, 6) is -1.04. The van der Waals surface area contributed by atoms with Gasteiger partial charge in [0, 0.05) is 37.9 Å². The summed E-state index contributed by atoms with van der Waals surface area (Å²) in [5, 5.41) is 21.1. The first kappa shape index (κ1) is 30.9. The normalized spacial score (nSPS) is 20.9. The lowest BCUT2D eigenvalue weighted by atomic mass is 9.98. The summed E-state index contributed by atoms with van der Waals surface area (Å²) in [6.45, 7) is 3.53. The van der Waals surface area contributed by atoms with Crippen LogP contribution in [-0.4, -0.2) is 52.7 Å². The molecule has 3 aromatic carbocycles. The molecule has 8 heteroatoms. The fourth-order valence-corrected chi connectivity index (χ4v) is 5.85. The monoisotopic (exact) mass is 586 g/mol. The van der Waals surface area contributed by atoms with Crippen molar-refractivity contribution in [2.45, 2.75) is 76.6 Å². The zero-order valence-corrected chi connectivity index (χ0v) is 24.6. The Kier molecular flexibility index (Phi) is 11.0. The molecule has 3 N–H and O–H groups in total. The molecule has 5 rings (SSSR count). The molecule has 3 atom stereocenters. The second kappa shape index (κ2) is 15.3. The van der Waals surface area contributed by atoms with Gasteiger partial charge in [-0.1, -0.05) is 73.2 Å². The highest BCUT2D eigenvalue weighted by Gasteiger charge is 2.33. The van der Waals surface area contributed by atoms with E-state index in [4.69, 9.17) is 14.6 Å². The van der Waals surface area contributed by atoms with Crippen molar-refractivity contribution in [2.75, 3.05) is 19.6 Å². The molecular formula is C35H42N2O6. The lowest BCUT2D eigenvalue weighted by Crippen LogP contribution is -2.41. The number of aliphatic hydroxyl groups is 1. The van der Waals surface area contributed by atoms with E-state index >= 15 is 0 Å². The number of nitrogens with one attached hydrogen (secondary N) is 1. The summed E-state index contributed by atoms with van der Waals surface area (Å²) in [6.07, 6.45) is 4.55. The second-order valence-electron chi connectivity index (χ2n) is 11.6. The average molecular weight is 587 g/mol. The van der Waals surface area contributed by atoms with Crippen LogP contribution in [-0.2, 0) is 32.2 Å². The van der Waals surface area contributed by atoms with E-state index in [-0.39, 0.29) is 37.6 Å². The molecule has 0 radical (unpaired) electrons. The van der Waals surface area contributed by atoms with Crippen LogP contribution in [0.2, 0.25) is 0 Å². The molecule has 0 saturated carbocycles. The van der Waals surface area contributed by atoms with Crippen LogP contribution in [0.4, 0.5) is 0 Å².